The molecule has 2 rings (SSSR count). The van der Waals surface area contributed by atoms with Crippen LogP contribution in [-0.2, 0) is 6.54 Å². The van der Waals surface area contributed by atoms with Gasteiger partial charge in [0.1, 0.15) is 11.5 Å². The number of hydrogen-bond donors (Lipinski definition) is 2. The number of rotatable bonds is 4. The van der Waals surface area contributed by atoms with Crippen molar-refractivity contribution in [3.8, 4) is 11.8 Å². The van der Waals surface area contributed by atoms with Gasteiger partial charge in [0, 0.05) is 23.6 Å². The molecule has 0 aliphatic heterocycles. The first kappa shape index (κ1) is 14.8. The minimum Gasteiger partial charge on any atom is -0.395 e. The van der Waals surface area contributed by atoms with Crippen LogP contribution in [0.2, 0.25) is 0 Å². The van der Waals surface area contributed by atoms with E-state index in [-0.39, 0.29) is 12.5 Å². The van der Waals surface area contributed by atoms with Crippen LogP contribution in [0.15, 0.2) is 34.9 Å². The van der Waals surface area contributed by atoms with E-state index in [0.29, 0.717) is 30.0 Å². The van der Waals surface area contributed by atoms with E-state index in [2.05, 4.69) is 22.3 Å². The van der Waals surface area contributed by atoms with Crippen molar-refractivity contribution in [1.82, 2.24) is 10.5 Å². The zero-order valence-corrected chi connectivity index (χ0v) is 11.7. The molecular formula is C16H16N2O3. The number of aryl methyl sites for hydroxylation is 1. The summed E-state index contributed by atoms with van der Waals surface area (Å²) in [6.07, 6.45) is 0.419. The Labute approximate surface area is 123 Å². The van der Waals surface area contributed by atoms with E-state index >= 15 is 0 Å². The summed E-state index contributed by atoms with van der Waals surface area (Å²) >= 11 is 0. The number of hydrogen-bond acceptors (Lipinski definition) is 4. The molecule has 1 aromatic carbocycles. The monoisotopic (exact) mass is 284 g/mol. The van der Waals surface area contributed by atoms with Gasteiger partial charge in [0.05, 0.1) is 13.2 Å². The van der Waals surface area contributed by atoms with E-state index in [1.54, 1.807) is 31.2 Å². The van der Waals surface area contributed by atoms with Gasteiger partial charge >= 0.3 is 0 Å². The highest BCUT2D eigenvalue weighted by atomic mass is 16.5. The lowest BCUT2D eigenvalue weighted by Crippen LogP contribution is -2.22. The first-order valence-electron chi connectivity index (χ1n) is 6.59. The van der Waals surface area contributed by atoms with Crippen LogP contribution in [0, 0.1) is 18.8 Å². The average Bonchev–Trinajstić information content (AvgIpc) is 2.91. The third-order valence-corrected chi connectivity index (χ3v) is 2.70. The van der Waals surface area contributed by atoms with Gasteiger partial charge in [-0.05, 0) is 25.1 Å². The fraction of sp³-hybridized carbons (Fsp3) is 0.250. The van der Waals surface area contributed by atoms with E-state index < -0.39 is 0 Å². The second-order valence-electron chi connectivity index (χ2n) is 4.47. The molecule has 0 fully saturated rings. The van der Waals surface area contributed by atoms with Crippen LogP contribution in [0.5, 0.6) is 0 Å². The molecule has 21 heavy (non-hydrogen) atoms. The molecule has 0 bridgehead atoms. The molecule has 2 aromatic rings. The predicted molar refractivity (Wildman–Crippen MR) is 77.4 cm³/mol. The van der Waals surface area contributed by atoms with Crippen LogP contribution >= 0.6 is 0 Å². The van der Waals surface area contributed by atoms with Crippen molar-refractivity contribution >= 4 is 5.91 Å². The molecule has 2 N–H and O–H groups in total. The van der Waals surface area contributed by atoms with Crippen molar-refractivity contribution in [3.05, 3.63) is 52.9 Å². The number of aliphatic hydroxyl groups excluding tert-OH is 1. The summed E-state index contributed by atoms with van der Waals surface area (Å²) < 4.78 is 4.94. The Kier molecular flexibility index (Phi) is 5.13. The highest BCUT2D eigenvalue weighted by Gasteiger charge is 2.07. The smallest absolute Gasteiger partial charge is 0.251 e. The number of aromatic nitrogens is 1. The molecule has 1 aromatic heterocycles. The maximum absolute atomic E-state index is 12.0. The Bertz CT molecular complexity index is 680. The van der Waals surface area contributed by atoms with Gasteiger partial charge in [-0.2, -0.15) is 0 Å². The lowest BCUT2D eigenvalue weighted by Gasteiger charge is -2.03. The molecule has 0 unspecified atom stereocenters. The van der Waals surface area contributed by atoms with Crippen molar-refractivity contribution in [2.75, 3.05) is 6.61 Å². The van der Waals surface area contributed by atoms with Gasteiger partial charge in [-0.3, -0.25) is 4.79 Å². The summed E-state index contributed by atoms with van der Waals surface area (Å²) in [5.74, 6) is 6.24. The minimum absolute atomic E-state index is 0.0320. The molecule has 1 heterocycles. The van der Waals surface area contributed by atoms with E-state index in [9.17, 15) is 4.79 Å². The lowest BCUT2D eigenvalue weighted by molar-refractivity contribution is 0.0950. The highest BCUT2D eigenvalue weighted by Crippen LogP contribution is 2.06. The molecule has 5 nitrogen and oxygen atoms in total. The maximum Gasteiger partial charge on any atom is 0.251 e. The molecule has 0 radical (unpaired) electrons. The van der Waals surface area contributed by atoms with Crippen LogP contribution in [0.3, 0.4) is 0 Å². The van der Waals surface area contributed by atoms with Crippen molar-refractivity contribution in [3.63, 3.8) is 0 Å². The van der Waals surface area contributed by atoms with Gasteiger partial charge in [0.15, 0.2) is 0 Å². The number of amides is 1. The van der Waals surface area contributed by atoms with Gasteiger partial charge in [-0.25, -0.2) is 0 Å². The normalized spacial score (nSPS) is 9.81. The standard InChI is InChI=1S/C16H16N2O3/c1-12-9-15(18-21-12)11-17-16(20)14-7-4-6-13(10-14)5-2-3-8-19/h4,6-7,9-10,19H,3,8,11H2,1H3,(H,17,20). The van der Waals surface area contributed by atoms with Crippen molar-refractivity contribution in [2.24, 2.45) is 0 Å². The second-order valence-corrected chi connectivity index (χ2v) is 4.47. The Morgan fingerprint density at radius 3 is 3.00 bits per heavy atom. The summed E-state index contributed by atoms with van der Waals surface area (Å²) in [6, 6.07) is 8.81. The SMILES string of the molecule is Cc1cc(CNC(=O)c2cccc(C#CCCO)c2)no1. The fourth-order valence-electron chi connectivity index (χ4n) is 1.73. The topological polar surface area (TPSA) is 75.4 Å². The summed E-state index contributed by atoms with van der Waals surface area (Å²) in [6.45, 7) is 2.15. The first-order chi connectivity index (χ1) is 10.2. The number of nitrogens with one attached hydrogen (secondary N) is 1. The van der Waals surface area contributed by atoms with Gasteiger partial charge in [-0.15, -0.1) is 0 Å². The summed E-state index contributed by atoms with van der Waals surface area (Å²) in [5.41, 5.74) is 1.96. The third-order valence-electron chi connectivity index (χ3n) is 2.70. The number of carbonyl (C=O) groups excluding carboxylic acids is 1. The van der Waals surface area contributed by atoms with E-state index in [4.69, 9.17) is 9.63 Å². The molecule has 5 heteroatoms. The van der Waals surface area contributed by atoms with Gasteiger partial charge in [-0.1, -0.05) is 23.1 Å². The van der Waals surface area contributed by atoms with Gasteiger partial charge in [0.2, 0.25) is 0 Å². The van der Waals surface area contributed by atoms with Crippen molar-refractivity contribution < 1.29 is 14.4 Å². The Morgan fingerprint density at radius 2 is 2.29 bits per heavy atom. The molecule has 0 atom stereocenters. The molecule has 0 saturated heterocycles. The van der Waals surface area contributed by atoms with Crippen LogP contribution in [0.25, 0.3) is 0 Å². The van der Waals surface area contributed by atoms with E-state index in [1.807, 2.05) is 6.07 Å². The summed E-state index contributed by atoms with van der Waals surface area (Å²) in [7, 11) is 0. The average molecular weight is 284 g/mol. The van der Waals surface area contributed by atoms with Gasteiger partial charge in [0.25, 0.3) is 5.91 Å². The molecule has 1 amide bonds. The van der Waals surface area contributed by atoms with E-state index in [0.717, 1.165) is 5.56 Å². The molecular weight excluding hydrogens is 268 g/mol. The summed E-state index contributed by atoms with van der Waals surface area (Å²) in [5, 5.41) is 15.3. The zero-order chi connectivity index (χ0) is 15.1. The predicted octanol–water partition coefficient (Wildman–Crippen LogP) is 1.65. The maximum atomic E-state index is 12.0. The third kappa shape index (κ3) is 4.48. The summed E-state index contributed by atoms with van der Waals surface area (Å²) in [4.78, 5) is 12.0. The number of aliphatic hydroxyl groups is 1. The molecule has 0 aliphatic rings. The van der Waals surface area contributed by atoms with Crippen LogP contribution in [0.1, 0.15) is 33.8 Å². The second kappa shape index (κ2) is 7.27. The zero-order valence-electron chi connectivity index (χ0n) is 11.7. The van der Waals surface area contributed by atoms with Crippen molar-refractivity contribution in [1.29, 1.82) is 0 Å². The molecule has 108 valence electrons. The number of carbonyl (C=O) groups is 1. The van der Waals surface area contributed by atoms with Crippen LogP contribution in [-0.4, -0.2) is 22.8 Å². The Balaban J connectivity index is 1.99. The first-order valence-corrected chi connectivity index (χ1v) is 6.59. The highest BCUT2D eigenvalue weighted by molar-refractivity contribution is 5.94. The van der Waals surface area contributed by atoms with E-state index in [1.165, 1.54) is 0 Å². The van der Waals surface area contributed by atoms with Gasteiger partial charge < -0.3 is 14.9 Å². The minimum atomic E-state index is -0.193. The largest absolute Gasteiger partial charge is 0.395 e. The number of nitrogens with zero attached hydrogens (tertiary/aromatic N) is 1. The molecule has 0 aliphatic carbocycles. The van der Waals surface area contributed by atoms with Crippen molar-refractivity contribution in [2.45, 2.75) is 19.9 Å². The Morgan fingerprint density at radius 1 is 1.43 bits per heavy atom. The van der Waals surface area contributed by atoms with Crippen LogP contribution < -0.4 is 5.32 Å². The molecule has 0 saturated carbocycles. The fourth-order valence-corrected chi connectivity index (χ4v) is 1.73. The quantitative estimate of drug-likeness (QED) is 0.837. The number of benzene rings is 1. The van der Waals surface area contributed by atoms with Crippen LogP contribution in [0.4, 0.5) is 0 Å². The lowest BCUT2D eigenvalue weighted by atomic mass is 10.1. The Hall–Kier alpha value is -2.58. The molecule has 0 spiro atoms.